The first-order valence-electron chi connectivity index (χ1n) is 4.44. The molecule has 1 rings (SSSR count). The zero-order valence-electron chi connectivity index (χ0n) is 8.80. The van der Waals surface area contributed by atoms with Crippen molar-refractivity contribution in [2.75, 3.05) is 7.11 Å². The van der Waals surface area contributed by atoms with E-state index in [1.807, 2.05) is 12.1 Å². The van der Waals surface area contributed by atoms with Crippen LogP contribution in [0.15, 0.2) is 23.3 Å². The number of methoxy groups -OCH3 is 1. The van der Waals surface area contributed by atoms with Gasteiger partial charge in [-0.2, -0.15) is 10.4 Å². The fourth-order valence-electron chi connectivity index (χ4n) is 1.11. The normalized spacial score (nSPS) is 10.9. The lowest BCUT2D eigenvalue weighted by atomic mass is 10.1. The molecule has 1 aromatic rings. The van der Waals surface area contributed by atoms with E-state index < -0.39 is 0 Å². The van der Waals surface area contributed by atoms with Gasteiger partial charge in [-0.3, -0.25) is 0 Å². The molecule has 0 amide bonds. The van der Waals surface area contributed by atoms with Crippen LogP contribution >= 0.6 is 11.8 Å². The Morgan fingerprint density at radius 2 is 2.38 bits per heavy atom. The van der Waals surface area contributed by atoms with Gasteiger partial charge < -0.3 is 16.3 Å². The van der Waals surface area contributed by atoms with Gasteiger partial charge in [0, 0.05) is 5.75 Å². The molecule has 0 aliphatic heterocycles. The number of benzene rings is 1. The maximum absolute atomic E-state index is 8.81. The number of rotatable bonds is 3. The average Bonchev–Trinajstić information content (AvgIpc) is 2.35. The van der Waals surface area contributed by atoms with Gasteiger partial charge in [-0.25, -0.2) is 0 Å². The van der Waals surface area contributed by atoms with Crippen molar-refractivity contribution in [2.24, 2.45) is 16.7 Å². The van der Waals surface area contributed by atoms with Gasteiger partial charge in [0.1, 0.15) is 11.8 Å². The summed E-state index contributed by atoms with van der Waals surface area (Å²) in [7, 11) is 1.53. The molecule has 84 valence electrons. The Bertz CT molecular complexity index is 439. The molecule has 0 spiro atoms. The molecule has 0 aromatic heterocycles. The van der Waals surface area contributed by atoms with Crippen molar-refractivity contribution in [2.45, 2.75) is 5.75 Å². The summed E-state index contributed by atoms with van der Waals surface area (Å²) in [6, 6.07) is 7.41. The number of hydrazone groups is 1. The Kier molecular flexibility index (Phi) is 4.48. The van der Waals surface area contributed by atoms with Gasteiger partial charge in [0.25, 0.3) is 0 Å². The Morgan fingerprint density at radius 3 is 2.94 bits per heavy atom. The summed E-state index contributed by atoms with van der Waals surface area (Å²) in [5.41, 5.74) is 6.96. The predicted octanol–water partition coefficient (Wildman–Crippen LogP) is 0.988. The number of ether oxygens (including phenoxy) is 1. The van der Waals surface area contributed by atoms with Crippen molar-refractivity contribution >= 4 is 16.9 Å². The lowest BCUT2D eigenvalue weighted by Gasteiger charge is -2.05. The van der Waals surface area contributed by atoms with Gasteiger partial charge in [-0.1, -0.05) is 17.8 Å². The summed E-state index contributed by atoms with van der Waals surface area (Å²) in [6.07, 6.45) is 0. The summed E-state index contributed by atoms with van der Waals surface area (Å²) < 4.78 is 5.09. The summed E-state index contributed by atoms with van der Waals surface area (Å²) in [5.74, 6) is 6.20. The molecule has 0 bridgehead atoms. The van der Waals surface area contributed by atoms with E-state index >= 15 is 0 Å². The average molecular weight is 236 g/mol. The Labute approximate surface area is 98.1 Å². The molecule has 16 heavy (non-hydrogen) atoms. The number of nitrogens with zero attached hydrogens (tertiary/aromatic N) is 2. The molecule has 0 aliphatic carbocycles. The van der Waals surface area contributed by atoms with Gasteiger partial charge in [0.05, 0.1) is 12.7 Å². The third kappa shape index (κ3) is 3.07. The largest absolute Gasteiger partial charge is 0.495 e. The molecule has 0 radical (unpaired) electrons. The van der Waals surface area contributed by atoms with E-state index in [9.17, 15) is 0 Å². The van der Waals surface area contributed by atoms with Crippen molar-refractivity contribution in [1.82, 2.24) is 0 Å². The number of amidine groups is 1. The van der Waals surface area contributed by atoms with Gasteiger partial charge in [-0.05, 0) is 17.7 Å². The topological polar surface area (TPSA) is 97.4 Å². The SMILES string of the molecule is COc1cc(CS/C(N)=N/N)ccc1C#N. The molecule has 0 heterocycles. The lowest BCUT2D eigenvalue weighted by molar-refractivity contribution is 0.413. The minimum atomic E-state index is 0.323. The van der Waals surface area contributed by atoms with Crippen LogP contribution in [0.4, 0.5) is 0 Å². The quantitative estimate of drug-likeness (QED) is 0.353. The smallest absolute Gasteiger partial charge is 0.177 e. The molecule has 4 N–H and O–H groups in total. The second kappa shape index (κ2) is 5.88. The number of hydrogen-bond acceptors (Lipinski definition) is 5. The third-order valence-electron chi connectivity index (χ3n) is 1.90. The van der Waals surface area contributed by atoms with E-state index in [1.54, 1.807) is 12.1 Å². The summed E-state index contributed by atoms with van der Waals surface area (Å²) in [5, 5.41) is 12.5. The minimum absolute atomic E-state index is 0.323. The van der Waals surface area contributed by atoms with Gasteiger partial charge in [0.2, 0.25) is 0 Å². The van der Waals surface area contributed by atoms with Crippen LogP contribution in [0.5, 0.6) is 5.75 Å². The second-order valence-corrected chi connectivity index (χ2v) is 3.90. The van der Waals surface area contributed by atoms with Crippen LogP contribution in [-0.2, 0) is 5.75 Å². The third-order valence-corrected chi connectivity index (χ3v) is 2.78. The van der Waals surface area contributed by atoms with E-state index in [-0.39, 0.29) is 0 Å². The minimum Gasteiger partial charge on any atom is -0.495 e. The molecule has 5 nitrogen and oxygen atoms in total. The van der Waals surface area contributed by atoms with Gasteiger partial charge in [-0.15, -0.1) is 0 Å². The molecule has 0 fully saturated rings. The summed E-state index contributed by atoms with van der Waals surface area (Å²) in [4.78, 5) is 0. The van der Waals surface area contributed by atoms with Crippen molar-refractivity contribution in [1.29, 1.82) is 5.26 Å². The monoisotopic (exact) mass is 236 g/mol. The van der Waals surface area contributed by atoms with E-state index in [1.165, 1.54) is 18.9 Å². The van der Waals surface area contributed by atoms with E-state index in [4.69, 9.17) is 21.6 Å². The molecule has 0 atom stereocenters. The molecule has 0 saturated heterocycles. The lowest BCUT2D eigenvalue weighted by Crippen LogP contribution is -2.09. The highest BCUT2D eigenvalue weighted by Crippen LogP contribution is 2.22. The molecular weight excluding hydrogens is 224 g/mol. The molecule has 0 unspecified atom stereocenters. The van der Waals surface area contributed by atoms with Crippen molar-refractivity contribution in [3.8, 4) is 11.8 Å². The number of nitriles is 1. The van der Waals surface area contributed by atoms with Crippen LogP contribution in [0.3, 0.4) is 0 Å². The first kappa shape index (κ1) is 12.2. The first-order valence-corrected chi connectivity index (χ1v) is 5.43. The van der Waals surface area contributed by atoms with Gasteiger partial charge >= 0.3 is 0 Å². The Hall–Kier alpha value is -1.87. The fraction of sp³-hybridized carbons (Fsp3) is 0.200. The fourth-order valence-corrected chi connectivity index (χ4v) is 1.68. The number of nitrogens with two attached hydrogens (primary N) is 2. The highest BCUT2D eigenvalue weighted by atomic mass is 32.2. The Morgan fingerprint density at radius 1 is 1.62 bits per heavy atom. The predicted molar refractivity (Wildman–Crippen MR) is 64.8 cm³/mol. The van der Waals surface area contributed by atoms with Crippen LogP contribution in [0, 0.1) is 11.3 Å². The second-order valence-electron chi connectivity index (χ2n) is 2.90. The summed E-state index contributed by atoms with van der Waals surface area (Å²) >= 11 is 1.33. The van der Waals surface area contributed by atoms with Crippen LogP contribution in [-0.4, -0.2) is 12.3 Å². The molecule has 1 aromatic carbocycles. The van der Waals surface area contributed by atoms with Crippen LogP contribution in [0.2, 0.25) is 0 Å². The van der Waals surface area contributed by atoms with Crippen LogP contribution < -0.4 is 16.3 Å². The molecular formula is C10H12N4OS. The van der Waals surface area contributed by atoms with E-state index in [0.29, 0.717) is 22.2 Å². The standard InChI is InChI=1S/C10H12N4OS/c1-15-9-4-7(2-3-8(9)5-11)6-16-10(12)14-13/h2-4H,6,13H2,1H3,(H2,12,14). The zero-order chi connectivity index (χ0) is 12.0. The van der Waals surface area contributed by atoms with Crippen molar-refractivity contribution in [3.05, 3.63) is 29.3 Å². The highest BCUT2D eigenvalue weighted by molar-refractivity contribution is 8.13. The summed E-state index contributed by atoms with van der Waals surface area (Å²) in [6.45, 7) is 0. The van der Waals surface area contributed by atoms with Gasteiger partial charge in [0.15, 0.2) is 5.17 Å². The van der Waals surface area contributed by atoms with E-state index in [2.05, 4.69) is 5.10 Å². The molecule has 0 aliphatic rings. The van der Waals surface area contributed by atoms with Crippen LogP contribution in [0.25, 0.3) is 0 Å². The zero-order valence-corrected chi connectivity index (χ0v) is 9.62. The van der Waals surface area contributed by atoms with E-state index in [0.717, 1.165) is 5.56 Å². The molecule has 0 saturated carbocycles. The van der Waals surface area contributed by atoms with Crippen molar-refractivity contribution < 1.29 is 4.74 Å². The maximum Gasteiger partial charge on any atom is 0.177 e. The Balaban J connectivity index is 2.80. The number of hydrogen-bond donors (Lipinski definition) is 2. The number of thioether (sulfide) groups is 1. The van der Waals surface area contributed by atoms with Crippen molar-refractivity contribution in [3.63, 3.8) is 0 Å². The first-order chi connectivity index (χ1) is 7.71. The maximum atomic E-state index is 8.81. The van der Waals surface area contributed by atoms with Crippen LogP contribution in [0.1, 0.15) is 11.1 Å². The molecule has 6 heteroatoms. The highest BCUT2D eigenvalue weighted by Gasteiger charge is 2.04.